The lowest BCUT2D eigenvalue weighted by Crippen LogP contribution is -1.86. The van der Waals surface area contributed by atoms with Gasteiger partial charge in [0.15, 0.2) is 11.5 Å². The molecule has 2 heterocycles. The van der Waals surface area contributed by atoms with Gasteiger partial charge in [-0.3, -0.25) is 0 Å². The summed E-state index contributed by atoms with van der Waals surface area (Å²) in [5, 5.41) is 0. The largest absolute Gasteiger partial charge is 0.493 e. The maximum Gasteiger partial charge on any atom is 0.192 e. The summed E-state index contributed by atoms with van der Waals surface area (Å²) in [6.07, 6.45) is 0.943. The number of aryl methyl sites for hydroxylation is 1. The van der Waals surface area contributed by atoms with Crippen LogP contribution < -0.4 is 4.74 Å². The zero-order valence-corrected chi connectivity index (χ0v) is 9.33. The van der Waals surface area contributed by atoms with Gasteiger partial charge in [0.25, 0.3) is 0 Å². The third-order valence-electron chi connectivity index (χ3n) is 2.34. The molecule has 3 nitrogen and oxygen atoms in total. The molecule has 1 aliphatic rings. The van der Waals surface area contributed by atoms with Crippen molar-refractivity contribution in [2.45, 2.75) is 27.2 Å². The number of oxazole rings is 1. The molecule has 0 spiro atoms. The van der Waals surface area contributed by atoms with E-state index in [1.54, 1.807) is 0 Å². The maximum absolute atomic E-state index is 5.43. The highest BCUT2D eigenvalue weighted by Crippen LogP contribution is 2.32. The van der Waals surface area contributed by atoms with Gasteiger partial charge in [0.05, 0.1) is 6.61 Å². The van der Waals surface area contributed by atoms with Crippen LogP contribution in [0.4, 0.5) is 0 Å². The molecule has 1 aromatic carbocycles. The van der Waals surface area contributed by atoms with Crippen molar-refractivity contribution in [1.82, 2.24) is 4.98 Å². The van der Waals surface area contributed by atoms with Gasteiger partial charge in [-0.2, -0.15) is 0 Å². The summed E-state index contributed by atoms with van der Waals surface area (Å²) in [5.41, 5.74) is 3.02. The average molecular weight is 205 g/mol. The molecular weight excluding hydrogens is 190 g/mol. The molecule has 15 heavy (non-hydrogen) atoms. The second-order valence-corrected chi connectivity index (χ2v) is 3.22. The van der Waals surface area contributed by atoms with Crippen LogP contribution in [0.5, 0.6) is 5.75 Å². The number of nitrogens with zero attached hydrogens (tertiary/aromatic N) is 1. The highest BCUT2D eigenvalue weighted by molar-refractivity contribution is 5.80. The minimum atomic E-state index is 0.718. The summed E-state index contributed by atoms with van der Waals surface area (Å²) in [6.45, 7) is 6.63. The summed E-state index contributed by atoms with van der Waals surface area (Å²) in [4.78, 5) is 4.34. The zero-order chi connectivity index (χ0) is 10.8. The maximum atomic E-state index is 5.43. The Labute approximate surface area is 89.1 Å². The van der Waals surface area contributed by atoms with E-state index in [1.165, 1.54) is 5.56 Å². The minimum absolute atomic E-state index is 0.718. The fourth-order valence-corrected chi connectivity index (χ4v) is 1.78. The Bertz CT molecular complexity index is 474. The van der Waals surface area contributed by atoms with Gasteiger partial charge in [-0.1, -0.05) is 13.8 Å². The van der Waals surface area contributed by atoms with Crippen LogP contribution in [-0.2, 0) is 6.42 Å². The van der Waals surface area contributed by atoms with Crippen molar-refractivity contribution in [2.24, 2.45) is 0 Å². The number of benzene rings is 1. The Morgan fingerprint density at radius 1 is 1.27 bits per heavy atom. The van der Waals surface area contributed by atoms with Crippen molar-refractivity contribution in [1.29, 1.82) is 0 Å². The van der Waals surface area contributed by atoms with Crippen molar-refractivity contribution in [2.75, 3.05) is 6.61 Å². The normalized spacial score (nSPS) is 13.0. The lowest BCUT2D eigenvalue weighted by atomic mass is 10.1. The topological polar surface area (TPSA) is 35.3 Å². The third kappa shape index (κ3) is 1.58. The zero-order valence-electron chi connectivity index (χ0n) is 9.33. The van der Waals surface area contributed by atoms with Gasteiger partial charge in [0.2, 0.25) is 0 Å². The second-order valence-electron chi connectivity index (χ2n) is 3.22. The molecule has 0 atom stereocenters. The molecule has 0 aliphatic carbocycles. The summed E-state index contributed by atoms with van der Waals surface area (Å²) in [6, 6.07) is 3.87. The van der Waals surface area contributed by atoms with Crippen LogP contribution in [0.3, 0.4) is 0 Å². The Balaban J connectivity index is 0.000000404. The Morgan fingerprint density at radius 3 is 2.87 bits per heavy atom. The van der Waals surface area contributed by atoms with Crippen molar-refractivity contribution < 1.29 is 9.15 Å². The molecule has 0 bridgehead atoms. The van der Waals surface area contributed by atoms with Crippen LogP contribution in [0.25, 0.3) is 11.1 Å². The highest BCUT2D eigenvalue weighted by Gasteiger charge is 2.17. The standard InChI is InChI=1S/C10H9NO2.C2H6/c1-6-11-10-7-4-5-12-8(7)2-3-9(10)13-6;1-2/h2-3H,4-5H2,1H3;1-2H3. The SMILES string of the molecule is CC.Cc1nc2c3c(ccc2o1)OCC3. The molecule has 0 amide bonds. The van der Waals surface area contributed by atoms with Crippen molar-refractivity contribution in [3.05, 3.63) is 23.6 Å². The van der Waals surface area contributed by atoms with E-state index in [2.05, 4.69) is 4.98 Å². The first-order chi connectivity index (χ1) is 7.34. The predicted octanol–water partition coefficient (Wildman–Crippen LogP) is 3.10. The van der Waals surface area contributed by atoms with E-state index in [1.807, 2.05) is 32.9 Å². The van der Waals surface area contributed by atoms with Crippen LogP contribution >= 0.6 is 0 Å². The van der Waals surface area contributed by atoms with Crippen LogP contribution in [0.15, 0.2) is 16.5 Å². The number of hydrogen-bond donors (Lipinski definition) is 0. The molecule has 80 valence electrons. The summed E-state index contributed by atoms with van der Waals surface area (Å²) >= 11 is 0. The molecule has 0 saturated heterocycles. The van der Waals surface area contributed by atoms with Gasteiger partial charge >= 0.3 is 0 Å². The quantitative estimate of drug-likeness (QED) is 0.663. The molecule has 0 radical (unpaired) electrons. The summed E-state index contributed by atoms with van der Waals surface area (Å²) in [7, 11) is 0. The molecule has 0 unspecified atom stereocenters. The van der Waals surface area contributed by atoms with E-state index in [9.17, 15) is 0 Å². The van der Waals surface area contributed by atoms with Gasteiger partial charge in [0, 0.05) is 18.9 Å². The van der Waals surface area contributed by atoms with Gasteiger partial charge in [-0.15, -0.1) is 0 Å². The molecule has 2 aromatic rings. The van der Waals surface area contributed by atoms with E-state index >= 15 is 0 Å². The van der Waals surface area contributed by atoms with Crippen LogP contribution in [0.2, 0.25) is 0 Å². The van der Waals surface area contributed by atoms with Crippen LogP contribution in [0, 0.1) is 6.92 Å². The highest BCUT2D eigenvalue weighted by atomic mass is 16.5. The molecule has 0 saturated carbocycles. The Hall–Kier alpha value is -1.51. The molecule has 3 rings (SSSR count). The second kappa shape index (κ2) is 3.93. The van der Waals surface area contributed by atoms with Crippen molar-refractivity contribution >= 4 is 11.1 Å². The average Bonchev–Trinajstić information content (AvgIpc) is 2.84. The number of ether oxygens (including phenoxy) is 1. The number of hydrogen-bond acceptors (Lipinski definition) is 3. The smallest absolute Gasteiger partial charge is 0.192 e. The first kappa shape index (κ1) is 10.0. The van der Waals surface area contributed by atoms with Gasteiger partial charge in [0.1, 0.15) is 11.3 Å². The van der Waals surface area contributed by atoms with Crippen molar-refractivity contribution in [3.8, 4) is 5.75 Å². The molecule has 1 aliphatic heterocycles. The van der Waals surface area contributed by atoms with Crippen molar-refractivity contribution in [3.63, 3.8) is 0 Å². The number of aromatic nitrogens is 1. The number of rotatable bonds is 0. The molecule has 0 N–H and O–H groups in total. The summed E-state index contributed by atoms with van der Waals surface area (Å²) in [5.74, 6) is 1.68. The van der Waals surface area contributed by atoms with E-state index in [4.69, 9.17) is 9.15 Å². The minimum Gasteiger partial charge on any atom is -0.493 e. The first-order valence-corrected chi connectivity index (χ1v) is 5.36. The van der Waals surface area contributed by atoms with E-state index in [0.717, 1.165) is 35.8 Å². The lowest BCUT2D eigenvalue weighted by Gasteiger charge is -1.96. The number of fused-ring (bicyclic) bond motifs is 3. The molecule has 0 fully saturated rings. The lowest BCUT2D eigenvalue weighted by molar-refractivity contribution is 0.357. The Morgan fingerprint density at radius 2 is 2.07 bits per heavy atom. The molecule has 3 heteroatoms. The van der Waals surface area contributed by atoms with Gasteiger partial charge < -0.3 is 9.15 Å². The van der Waals surface area contributed by atoms with E-state index in [0.29, 0.717) is 0 Å². The van der Waals surface area contributed by atoms with Crippen LogP contribution in [-0.4, -0.2) is 11.6 Å². The fraction of sp³-hybridized carbons (Fsp3) is 0.417. The van der Waals surface area contributed by atoms with Gasteiger partial charge in [-0.25, -0.2) is 4.98 Å². The molecular formula is C12H15NO2. The van der Waals surface area contributed by atoms with E-state index in [-0.39, 0.29) is 0 Å². The third-order valence-corrected chi connectivity index (χ3v) is 2.34. The monoisotopic (exact) mass is 205 g/mol. The van der Waals surface area contributed by atoms with Crippen LogP contribution in [0.1, 0.15) is 25.3 Å². The Kier molecular flexibility index (Phi) is 2.62. The fourth-order valence-electron chi connectivity index (χ4n) is 1.78. The predicted molar refractivity (Wildman–Crippen MR) is 59.3 cm³/mol. The summed E-state index contributed by atoms with van der Waals surface area (Å²) < 4.78 is 10.9. The van der Waals surface area contributed by atoms with E-state index < -0.39 is 0 Å². The first-order valence-electron chi connectivity index (χ1n) is 5.36. The van der Waals surface area contributed by atoms with Gasteiger partial charge in [-0.05, 0) is 12.1 Å². The molecule has 1 aromatic heterocycles.